The van der Waals surface area contributed by atoms with E-state index >= 15 is 0 Å². The highest BCUT2D eigenvalue weighted by atomic mass is 16.5. The third kappa shape index (κ3) is 2.76. The van der Waals surface area contributed by atoms with Crippen LogP contribution in [0.2, 0.25) is 0 Å². The molecule has 0 aromatic heterocycles. The molecule has 0 fully saturated rings. The normalized spacial score (nSPS) is 10.3. The Morgan fingerprint density at radius 3 is 2.47 bits per heavy atom. The molecule has 19 heavy (non-hydrogen) atoms. The number of aryl methyl sites for hydroxylation is 2. The van der Waals surface area contributed by atoms with Gasteiger partial charge in [-0.2, -0.15) is 0 Å². The number of primary amides is 1. The molecule has 0 bridgehead atoms. The fraction of sp³-hybridized carbons (Fsp3) is 0.188. The standard InChI is InChI=1S/C16H17NO2/c1-10-7-8-11(2)15(9-10)19-14-6-4-5-13(12(14)3)16(17)18/h4-9H,1-3H3,(H2,17,18). The predicted molar refractivity (Wildman–Crippen MR) is 75.7 cm³/mol. The Labute approximate surface area is 113 Å². The first-order chi connectivity index (χ1) is 8.99. The van der Waals surface area contributed by atoms with Crippen LogP contribution in [-0.4, -0.2) is 5.91 Å². The molecule has 0 radical (unpaired) electrons. The van der Waals surface area contributed by atoms with E-state index in [1.54, 1.807) is 12.1 Å². The van der Waals surface area contributed by atoms with Crippen LogP contribution in [0, 0.1) is 20.8 Å². The van der Waals surface area contributed by atoms with Crippen molar-refractivity contribution < 1.29 is 9.53 Å². The Bertz CT molecular complexity index is 633. The molecule has 3 heteroatoms. The number of carbonyl (C=O) groups excluding carboxylic acids is 1. The molecule has 1 amide bonds. The second kappa shape index (κ2) is 5.14. The summed E-state index contributed by atoms with van der Waals surface area (Å²) >= 11 is 0. The van der Waals surface area contributed by atoms with Crippen LogP contribution in [0.15, 0.2) is 36.4 Å². The summed E-state index contributed by atoms with van der Waals surface area (Å²) in [5.74, 6) is 1.01. The zero-order valence-corrected chi connectivity index (χ0v) is 11.4. The van der Waals surface area contributed by atoms with Gasteiger partial charge < -0.3 is 10.5 Å². The van der Waals surface area contributed by atoms with Gasteiger partial charge in [-0.05, 0) is 50.1 Å². The maximum absolute atomic E-state index is 11.3. The van der Waals surface area contributed by atoms with Crippen LogP contribution in [0.4, 0.5) is 0 Å². The maximum Gasteiger partial charge on any atom is 0.249 e. The van der Waals surface area contributed by atoms with Crippen LogP contribution in [0.1, 0.15) is 27.0 Å². The quantitative estimate of drug-likeness (QED) is 0.912. The Hall–Kier alpha value is -2.29. The molecule has 3 nitrogen and oxygen atoms in total. The average molecular weight is 255 g/mol. The van der Waals surface area contributed by atoms with Gasteiger partial charge in [0.2, 0.25) is 5.91 Å². The number of carbonyl (C=O) groups is 1. The molecule has 0 heterocycles. The molecule has 0 saturated carbocycles. The van der Waals surface area contributed by atoms with Gasteiger partial charge in [-0.25, -0.2) is 0 Å². The third-order valence-corrected chi connectivity index (χ3v) is 3.11. The number of benzene rings is 2. The van der Waals surface area contributed by atoms with Crippen molar-refractivity contribution in [2.75, 3.05) is 0 Å². The number of hydrogen-bond acceptors (Lipinski definition) is 2. The number of amides is 1. The smallest absolute Gasteiger partial charge is 0.249 e. The zero-order valence-electron chi connectivity index (χ0n) is 11.4. The van der Waals surface area contributed by atoms with Gasteiger partial charge in [-0.15, -0.1) is 0 Å². The highest BCUT2D eigenvalue weighted by Crippen LogP contribution is 2.29. The van der Waals surface area contributed by atoms with Crippen LogP contribution in [0.3, 0.4) is 0 Å². The first-order valence-corrected chi connectivity index (χ1v) is 6.13. The summed E-state index contributed by atoms with van der Waals surface area (Å²) in [4.78, 5) is 11.3. The van der Waals surface area contributed by atoms with Gasteiger partial charge in [0.15, 0.2) is 0 Å². The van der Waals surface area contributed by atoms with Crippen LogP contribution >= 0.6 is 0 Å². The Morgan fingerprint density at radius 1 is 1.05 bits per heavy atom. The molecule has 0 unspecified atom stereocenters. The lowest BCUT2D eigenvalue weighted by atomic mass is 10.1. The minimum absolute atomic E-state index is 0.441. The summed E-state index contributed by atoms with van der Waals surface area (Å²) in [6, 6.07) is 11.3. The minimum Gasteiger partial charge on any atom is -0.457 e. The van der Waals surface area contributed by atoms with E-state index in [-0.39, 0.29) is 0 Å². The monoisotopic (exact) mass is 255 g/mol. The number of rotatable bonds is 3. The van der Waals surface area contributed by atoms with Gasteiger partial charge in [-0.1, -0.05) is 18.2 Å². The van der Waals surface area contributed by atoms with Crippen molar-refractivity contribution in [3.63, 3.8) is 0 Å². The topological polar surface area (TPSA) is 52.3 Å². The summed E-state index contributed by atoms with van der Waals surface area (Å²) in [6.07, 6.45) is 0. The summed E-state index contributed by atoms with van der Waals surface area (Å²) < 4.78 is 5.90. The molecule has 2 aromatic rings. The number of nitrogens with two attached hydrogens (primary N) is 1. The van der Waals surface area contributed by atoms with Crippen LogP contribution < -0.4 is 10.5 Å². The Balaban J connectivity index is 2.41. The molecular weight excluding hydrogens is 238 g/mol. The van der Waals surface area contributed by atoms with E-state index in [4.69, 9.17) is 10.5 Å². The van der Waals surface area contributed by atoms with Gasteiger partial charge in [-0.3, -0.25) is 4.79 Å². The first kappa shape index (κ1) is 13.1. The van der Waals surface area contributed by atoms with Crippen molar-refractivity contribution in [1.29, 1.82) is 0 Å². The Morgan fingerprint density at radius 2 is 1.79 bits per heavy atom. The van der Waals surface area contributed by atoms with Crippen molar-refractivity contribution >= 4 is 5.91 Å². The minimum atomic E-state index is -0.441. The molecule has 0 aliphatic rings. The summed E-state index contributed by atoms with van der Waals surface area (Å²) in [7, 11) is 0. The second-order valence-electron chi connectivity index (χ2n) is 4.66. The SMILES string of the molecule is Cc1ccc(C)c(Oc2cccc(C(N)=O)c2C)c1. The van der Waals surface area contributed by atoms with E-state index in [2.05, 4.69) is 0 Å². The van der Waals surface area contributed by atoms with Gasteiger partial charge in [0.05, 0.1) is 0 Å². The van der Waals surface area contributed by atoms with E-state index in [1.807, 2.05) is 45.0 Å². The van der Waals surface area contributed by atoms with E-state index in [1.165, 1.54) is 0 Å². The largest absolute Gasteiger partial charge is 0.457 e. The molecule has 0 atom stereocenters. The van der Waals surface area contributed by atoms with Gasteiger partial charge in [0, 0.05) is 11.1 Å². The van der Waals surface area contributed by atoms with Crippen LogP contribution in [0.25, 0.3) is 0 Å². The zero-order chi connectivity index (χ0) is 14.0. The van der Waals surface area contributed by atoms with Crippen LogP contribution in [0.5, 0.6) is 11.5 Å². The lowest BCUT2D eigenvalue weighted by molar-refractivity contribution is 0.0999. The van der Waals surface area contributed by atoms with Crippen LogP contribution in [-0.2, 0) is 0 Å². The van der Waals surface area contributed by atoms with Gasteiger partial charge in [0.1, 0.15) is 11.5 Å². The van der Waals surface area contributed by atoms with Gasteiger partial charge >= 0.3 is 0 Å². The highest BCUT2D eigenvalue weighted by Gasteiger charge is 2.11. The van der Waals surface area contributed by atoms with Crippen molar-refractivity contribution in [2.24, 2.45) is 5.73 Å². The van der Waals surface area contributed by atoms with Crippen molar-refractivity contribution in [3.8, 4) is 11.5 Å². The molecule has 0 spiro atoms. The molecule has 98 valence electrons. The maximum atomic E-state index is 11.3. The Kier molecular flexibility index (Phi) is 3.56. The molecule has 2 aromatic carbocycles. The third-order valence-electron chi connectivity index (χ3n) is 3.11. The molecule has 2 N–H and O–H groups in total. The predicted octanol–water partition coefficient (Wildman–Crippen LogP) is 3.50. The van der Waals surface area contributed by atoms with Crippen molar-refractivity contribution in [3.05, 3.63) is 58.7 Å². The summed E-state index contributed by atoms with van der Waals surface area (Å²) in [6.45, 7) is 5.83. The summed E-state index contributed by atoms with van der Waals surface area (Å²) in [5.41, 5.74) is 8.76. The molecule has 0 saturated heterocycles. The highest BCUT2D eigenvalue weighted by molar-refractivity contribution is 5.94. The number of hydrogen-bond donors (Lipinski definition) is 1. The lowest BCUT2D eigenvalue weighted by Crippen LogP contribution is -2.12. The first-order valence-electron chi connectivity index (χ1n) is 6.13. The fourth-order valence-electron chi connectivity index (χ4n) is 1.93. The van der Waals surface area contributed by atoms with E-state index in [9.17, 15) is 4.79 Å². The molecular formula is C16H17NO2. The number of ether oxygens (including phenoxy) is 1. The van der Waals surface area contributed by atoms with E-state index < -0.39 is 5.91 Å². The molecule has 0 aliphatic carbocycles. The van der Waals surface area contributed by atoms with E-state index in [0.717, 1.165) is 22.4 Å². The second-order valence-corrected chi connectivity index (χ2v) is 4.66. The van der Waals surface area contributed by atoms with Crippen molar-refractivity contribution in [2.45, 2.75) is 20.8 Å². The molecule has 2 rings (SSSR count). The average Bonchev–Trinajstić information content (AvgIpc) is 2.36. The lowest BCUT2D eigenvalue weighted by Gasteiger charge is -2.13. The van der Waals surface area contributed by atoms with Crippen molar-refractivity contribution in [1.82, 2.24) is 0 Å². The van der Waals surface area contributed by atoms with Gasteiger partial charge in [0.25, 0.3) is 0 Å². The fourth-order valence-corrected chi connectivity index (χ4v) is 1.93. The molecule has 0 aliphatic heterocycles. The van der Waals surface area contributed by atoms with E-state index in [0.29, 0.717) is 11.3 Å². The summed E-state index contributed by atoms with van der Waals surface area (Å²) in [5, 5.41) is 0.